The van der Waals surface area contributed by atoms with Gasteiger partial charge in [-0.3, -0.25) is 9.29 Å². The van der Waals surface area contributed by atoms with E-state index in [4.69, 9.17) is 23.2 Å². The number of benzene rings is 1. The van der Waals surface area contributed by atoms with Crippen LogP contribution in [0.2, 0.25) is 5.02 Å². The first-order valence-electron chi connectivity index (χ1n) is 6.54. The largest absolute Gasteiger partial charge is 0.337 e. The third-order valence-corrected chi connectivity index (χ3v) is 5.13. The third-order valence-electron chi connectivity index (χ3n) is 3.10. The molecule has 0 spiro atoms. The van der Waals surface area contributed by atoms with Gasteiger partial charge in [-0.15, -0.1) is 0 Å². The molecular weight excluding hydrogens is 359 g/mol. The van der Waals surface area contributed by atoms with Crippen molar-refractivity contribution in [2.75, 3.05) is 4.72 Å². The first kappa shape index (κ1) is 15.9. The Hall–Kier alpha value is -1.96. The van der Waals surface area contributed by atoms with Crippen LogP contribution in [0.1, 0.15) is 0 Å². The van der Waals surface area contributed by atoms with Gasteiger partial charge in [-0.25, -0.2) is 4.99 Å². The van der Waals surface area contributed by atoms with Crippen molar-refractivity contribution in [3.05, 3.63) is 59.9 Å². The van der Waals surface area contributed by atoms with Crippen molar-refractivity contribution in [3.8, 4) is 0 Å². The summed E-state index contributed by atoms with van der Waals surface area (Å²) >= 11 is 12.2. The molecule has 0 amide bonds. The summed E-state index contributed by atoms with van der Waals surface area (Å²) in [5.41, 5.74) is 0.394. The van der Waals surface area contributed by atoms with Crippen molar-refractivity contribution in [2.45, 2.75) is 10.3 Å². The fourth-order valence-corrected chi connectivity index (χ4v) is 3.77. The van der Waals surface area contributed by atoms with E-state index in [0.29, 0.717) is 10.7 Å². The van der Waals surface area contributed by atoms with Gasteiger partial charge in [0, 0.05) is 29.3 Å². The average molecular weight is 371 g/mol. The molecule has 1 unspecified atom stereocenters. The highest BCUT2D eigenvalue weighted by Crippen LogP contribution is 2.28. The SMILES string of the molecule is O=S(=O)(Nc1ccc(Cl)cc1)c1cccn1C1(Cl)N=CC=CN1. The Balaban J connectivity index is 1.95. The lowest BCUT2D eigenvalue weighted by molar-refractivity contribution is 0.375. The van der Waals surface area contributed by atoms with Gasteiger partial charge in [0.1, 0.15) is 0 Å². The van der Waals surface area contributed by atoms with Crippen LogP contribution in [0.25, 0.3) is 0 Å². The van der Waals surface area contributed by atoms with E-state index >= 15 is 0 Å². The summed E-state index contributed by atoms with van der Waals surface area (Å²) in [6.45, 7) is 0. The van der Waals surface area contributed by atoms with Crippen molar-refractivity contribution >= 4 is 45.1 Å². The number of hydrogen-bond donors (Lipinski definition) is 2. The van der Waals surface area contributed by atoms with Crippen LogP contribution in [0.3, 0.4) is 0 Å². The van der Waals surface area contributed by atoms with E-state index in [0.717, 1.165) is 0 Å². The fourth-order valence-electron chi connectivity index (χ4n) is 2.06. The number of sulfonamides is 1. The molecule has 0 fully saturated rings. The van der Waals surface area contributed by atoms with Crippen molar-refractivity contribution in [1.82, 2.24) is 9.88 Å². The van der Waals surface area contributed by atoms with Crippen LogP contribution in [0.4, 0.5) is 5.69 Å². The van der Waals surface area contributed by atoms with Gasteiger partial charge in [-0.05, 0) is 54.1 Å². The maximum atomic E-state index is 12.6. The summed E-state index contributed by atoms with van der Waals surface area (Å²) in [6, 6.07) is 9.36. The number of rotatable bonds is 4. The fraction of sp³-hybridized carbons (Fsp3) is 0.0714. The molecule has 6 nitrogen and oxygen atoms in total. The van der Waals surface area contributed by atoms with Crippen LogP contribution in [0.15, 0.2) is 64.9 Å². The quantitative estimate of drug-likeness (QED) is 0.641. The Morgan fingerprint density at radius 3 is 2.61 bits per heavy atom. The minimum Gasteiger partial charge on any atom is -0.337 e. The van der Waals surface area contributed by atoms with Gasteiger partial charge >= 0.3 is 0 Å². The summed E-state index contributed by atoms with van der Waals surface area (Å²) in [5, 5.41) is 1.89. The lowest BCUT2D eigenvalue weighted by Gasteiger charge is -2.28. The molecule has 0 bridgehead atoms. The number of nitrogens with zero attached hydrogens (tertiary/aromatic N) is 2. The van der Waals surface area contributed by atoms with Crippen molar-refractivity contribution in [1.29, 1.82) is 0 Å². The number of halogens is 2. The highest BCUT2D eigenvalue weighted by atomic mass is 35.5. The Morgan fingerprint density at radius 2 is 1.96 bits per heavy atom. The molecule has 9 heteroatoms. The molecule has 1 aliphatic heterocycles. The van der Waals surface area contributed by atoms with Gasteiger partial charge < -0.3 is 5.32 Å². The molecule has 2 N–H and O–H groups in total. The molecule has 0 saturated carbocycles. The topological polar surface area (TPSA) is 75.5 Å². The first-order valence-corrected chi connectivity index (χ1v) is 8.78. The standard InChI is InChI=1S/C14H12Cl2N4O2S/c15-11-4-6-12(7-5-11)19-23(21,22)13-3-1-10-20(13)14(16)17-8-2-9-18-14/h1-10,17,19H. The number of nitrogens with one attached hydrogen (secondary N) is 2. The second-order valence-corrected chi connectivity index (χ2v) is 7.29. The Labute approximate surface area is 143 Å². The molecule has 3 rings (SSSR count). The molecule has 2 aromatic rings. The Bertz CT molecular complexity index is 874. The highest BCUT2D eigenvalue weighted by Gasteiger charge is 2.33. The molecule has 0 radical (unpaired) electrons. The van der Waals surface area contributed by atoms with Crippen LogP contribution in [0, 0.1) is 0 Å². The molecule has 0 aliphatic carbocycles. The van der Waals surface area contributed by atoms with Crippen LogP contribution >= 0.6 is 23.2 Å². The summed E-state index contributed by atoms with van der Waals surface area (Å²) in [4.78, 5) is 4.09. The first-order chi connectivity index (χ1) is 10.9. The second kappa shape index (κ2) is 5.92. The van der Waals surface area contributed by atoms with Crippen LogP contribution < -0.4 is 10.0 Å². The maximum Gasteiger partial charge on any atom is 0.293 e. The number of allylic oxidation sites excluding steroid dienone is 1. The predicted molar refractivity (Wildman–Crippen MR) is 91.3 cm³/mol. The zero-order chi connectivity index (χ0) is 16.5. The number of alkyl halides is 1. The zero-order valence-electron chi connectivity index (χ0n) is 11.6. The Morgan fingerprint density at radius 1 is 1.22 bits per heavy atom. The third kappa shape index (κ3) is 3.21. The van der Waals surface area contributed by atoms with Gasteiger partial charge in [0.15, 0.2) is 5.03 Å². The minimum absolute atomic E-state index is 0.0256. The van der Waals surface area contributed by atoms with Crippen molar-refractivity contribution < 1.29 is 8.42 Å². The van der Waals surface area contributed by atoms with E-state index in [1.807, 2.05) is 0 Å². The van der Waals surface area contributed by atoms with Crippen LogP contribution in [-0.2, 0) is 15.3 Å². The molecule has 2 heterocycles. The van der Waals surface area contributed by atoms with Gasteiger partial charge in [0.2, 0.25) is 0 Å². The van der Waals surface area contributed by atoms with Gasteiger partial charge in [-0.1, -0.05) is 11.6 Å². The van der Waals surface area contributed by atoms with E-state index in [2.05, 4.69) is 15.0 Å². The average Bonchev–Trinajstić information content (AvgIpc) is 3.02. The number of hydrogen-bond acceptors (Lipinski definition) is 4. The van der Waals surface area contributed by atoms with Crippen molar-refractivity contribution in [2.24, 2.45) is 4.99 Å². The van der Waals surface area contributed by atoms with E-state index in [1.54, 1.807) is 42.6 Å². The number of anilines is 1. The van der Waals surface area contributed by atoms with Crippen LogP contribution in [0.5, 0.6) is 0 Å². The van der Waals surface area contributed by atoms with Gasteiger partial charge in [0.25, 0.3) is 15.3 Å². The predicted octanol–water partition coefficient (Wildman–Crippen LogP) is 2.94. The molecule has 1 aliphatic rings. The molecule has 23 heavy (non-hydrogen) atoms. The minimum atomic E-state index is -3.85. The summed E-state index contributed by atoms with van der Waals surface area (Å²) in [6.07, 6.45) is 6.27. The number of aliphatic imine (C=N–C) groups is 1. The monoisotopic (exact) mass is 370 g/mol. The van der Waals surface area contributed by atoms with E-state index in [1.165, 1.54) is 23.0 Å². The lowest BCUT2D eigenvalue weighted by Crippen LogP contribution is -2.40. The van der Waals surface area contributed by atoms with Crippen LogP contribution in [-0.4, -0.2) is 19.2 Å². The molecule has 1 aromatic carbocycles. The maximum absolute atomic E-state index is 12.6. The Kier molecular flexibility index (Phi) is 4.09. The lowest BCUT2D eigenvalue weighted by atomic mass is 10.3. The smallest absolute Gasteiger partial charge is 0.293 e. The molecular formula is C14H12Cl2N4O2S. The highest BCUT2D eigenvalue weighted by molar-refractivity contribution is 7.92. The summed E-state index contributed by atoms with van der Waals surface area (Å²) in [7, 11) is -3.85. The summed E-state index contributed by atoms with van der Waals surface area (Å²) in [5.74, 6) is 0. The van der Waals surface area contributed by atoms with E-state index in [-0.39, 0.29) is 5.03 Å². The van der Waals surface area contributed by atoms with E-state index < -0.39 is 15.3 Å². The summed E-state index contributed by atoms with van der Waals surface area (Å²) < 4.78 is 29.1. The molecule has 0 saturated heterocycles. The van der Waals surface area contributed by atoms with Gasteiger partial charge in [0.05, 0.1) is 0 Å². The molecule has 1 atom stereocenters. The number of aromatic nitrogens is 1. The molecule has 1 aromatic heterocycles. The van der Waals surface area contributed by atoms with Gasteiger partial charge in [-0.2, -0.15) is 8.42 Å². The van der Waals surface area contributed by atoms with E-state index in [9.17, 15) is 8.42 Å². The van der Waals surface area contributed by atoms with Crippen molar-refractivity contribution in [3.63, 3.8) is 0 Å². The molecule has 120 valence electrons. The second-order valence-electron chi connectivity index (χ2n) is 4.70. The normalized spacial score (nSPS) is 20.3. The zero-order valence-corrected chi connectivity index (χ0v) is 14.0.